The van der Waals surface area contributed by atoms with E-state index < -0.39 is 29.6 Å². The Kier molecular flexibility index (Phi) is 6.05. The molecule has 6 N–H and O–H groups in total. The van der Waals surface area contributed by atoms with Crippen LogP contribution in [0.15, 0.2) is 10.9 Å². The summed E-state index contributed by atoms with van der Waals surface area (Å²) in [5.74, 6) is -2.19. The molecule has 136 valence electrons. The number of rotatable bonds is 7. The second-order valence-corrected chi connectivity index (χ2v) is 5.97. The summed E-state index contributed by atoms with van der Waals surface area (Å²) in [4.78, 5) is 49.5. The lowest BCUT2D eigenvalue weighted by molar-refractivity contribution is -0.138. The number of aromatic nitrogens is 1. The molecule has 2 rings (SSSR count). The van der Waals surface area contributed by atoms with Gasteiger partial charge in [-0.2, -0.15) is 0 Å². The van der Waals surface area contributed by atoms with Crippen molar-refractivity contribution in [2.24, 2.45) is 11.5 Å². The molecular formula is C16H21N3O6. The molecule has 9 heteroatoms. The normalized spacial score (nSPS) is 16.0. The van der Waals surface area contributed by atoms with Crippen LogP contribution in [0.5, 0.6) is 0 Å². The highest BCUT2D eigenvalue weighted by molar-refractivity contribution is 6.00. The number of aliphatic carboxylic acids is 1. The number of nitrogens with one attached hydrogen (secondary N) is 1. The number of esters is 1. The summed E-state index contributed by atoms with van der Waals surface area (Å²) in [6, 6.07) is 0.173. The zero-order valence-electron chi connectivity index (χ0n) is 13.6. The van der Waals surface area contributed by atoms with E-state index in [-0.39, 0.29) is 30.7 Å². The molecule has 0 amide bonds. The lowest BCUT2D eigenvalue weighted by atomic mass is 9.94. The van der Waals surface area contributed by atoms with Crippen molar-refractivity contribution in [1.82, 2.24) is 4.98 Å². The van der Waals surface area contributed by atoms with Crippen molar-refractivity contribution < 1.29 is 24.2 Å². The molecule has 1 aliphatic rings. The first kappa shape index (κ1) is 18.8. The number of ether oxygens (including phenoxy) is 1. The minimum atomic E-state index is -1.16. The fraction of sp³-hybridized carbons (Fsp3) is 0.500. The van der Waals surface area contributed by atoms with Crippen molar-refractivity contribution in [2.75, 3.05) is 6.54 Å². The van der Waals surface area contributed by atoms with Crippen molar-refractivity contribution in [2.45, 2.75) is 44.2 Å². The van der Waals surface area contributed by atoms with Gasteiger partial charge in [0.2, 0.25) is 0 Å². The number of carbonyl (C=O) groups is 3. The van der Waals surface area contributed by atoms with Crippen molar-refractivity contribution in [3.8, 4) is 0 Å². The van der Waals surface area contributed by atoms with Gasteiger partial charge in [0.15, 0.2) is 5.78 Å². The van der Waals surface area contributed by atoms with Gasteiger partial charge in [-0.15, -0.1) is 0 Å². The van der Waals surface area contributed by atoms with E-state index in [1.165, 1.54) is 6.07 Å². The van der Waals surface area contributed by atoms with E-state index in [1.54, 1.807) is 0 Å². The van der Waals surface area contributed by atoms with Crippen LogP contribution in [-0.2, 0) is 16.0 Å². The number of ketones is 1. The summed E-state index contributed by atoms with van der Waals surface area (Å²) in [5, 5.41) is 8.76. The van der Waals surface area contributed by atoms with Gasteiger partial charge < -0.3 is 26.3 Å². The van der Waals surface area contributed by atoms with Crippen LogP contribution in [0.3, 0.4) is 0 Å². The van der Waals surface area contributed by atoms with E-state index >= 15 is 0 Å². The zero-order chi connectivity index (χ0) is 18.6. The third kappa shape index (κ3) is 4.52. The summed E-state index contributed by atoms with van der Waals surface area (Å²) in [6.45, 7) is -0.0418. The number of aryl methyl sites for hydroxylation is 1. The SMILES string of the molecule is NCC(CC[C@H](N)C(=O)O)OC(=O)c1cc2c([nH]c1=O)CCCC2=O. The molecule has 25 heavy (non-hydrogen) atoms. The monoisotopic (exact) mass is 351 g/mol. The number of aromatic amines is 1. The van der Waals surface area contributed by atoms with Gasteiger partial charge in [0.25, 0.3) is 5.56 Å². The number of hydrogen-bond donors (Lipinski definition) is 4. The minimum absolute atomic E-state index is 0.0418. The first-order valence-electron chi connectivity index (χ1n) is 8.02. The van der Waals surface area contributed by atoms with E-state index in [1.807, 2.05) is 0 Å². The maximum atomic E-state index is 12.2. The Bertz CT molecular complexity index is 742. The Morgan fingerprint density at radius 3 is 2.64 bits per heavy atom. The number of Topliss-reactive ketones (excluding diaryl/α,β-unsaturated/α-hetero) is 1. The van der Waals surface area contributed by atoms with Crippen LogP contribution in [0.2, 0.25) is 0 Å². The largest absolute Gasteiger partial charge is 0.480 e. The molecule has 2 atom stereocenters. The summed E-state index contributed by atoms with van der Waals surface area (Å²) < 4.78 is 5.18. The van der Waals surface area contributed by atoms with Gasteiger partial charge >= 0.3 is 11.9 Å². The molecule has 0 saturated heterocycles. The number of H-pyrrole nitrogens is 1. The van der Waals surface area contributed by atoms with E-state index in [0.29, 0.717) is 30.5 Å². The number of nitrogens with two attached hydrogens (primary N) is 2. The van der Waals surface area contributed by atoms with Crippen LogP contribution in [0.25, 0.3) is 0 Å². The van der Waals surface area contributed by atoms with Crippen molar-refractivity contribution in [3.63, 3.8) is 0 Å². The van der Waals surface area contributed by atoms with Crippen molar-refractivity contribution in [3.05, 3.63) is 33.2 Å². The number of carbonyl (C=O) groups excluding carboxylic acids is 2. The zero-order valence-corrected chi connectivity index (χ0v) is 13.6. The molecule has 0 fully saturated rings. The second-order valence-electron chi connectivity index (χ2n) is 5.97. The van der Waals surface area contributed by atoms with E-state index in [9.17, 15) is 19.2 Å². The predicted octanol–water partition coefficient (Wildman–Crippen LogP) is -0.430. The average Bonchev–Trinajstić information content (AvgIpc) is 2.57. The summed E-state index contributed by atoms with van der Waals surface area (Å²) >= 11 is 0. The molecule has 0 spiro atoms. The van der Waals surface area contributed by atoms with Crippen LogP contribution in [0.4, 0.5) is 0 Å². The first-order chi connectivity index (χ1) is 11.8. The summed E-state index contributed by atoms with van der Waals surface area (Å²) in [6.07, 6.45) is 1.05. The van der Waals surface area contributed by atoms with Crippen LogP contribution >= 0.6 is 0 Å². The molecule has 0 aliphatic heterocycles. The number of carboxylic acid groups (broad SMARTS) is 1. The number of hydrogen-bond acceptors (Lipinski definition) is 7. The van der Waals surface area contributed by atoms with Gasteiger partial charge in [0.05, 0.1) is 0 Å². The Labute approximate surface area is 143 Å². The summed E-state index contributed by atoms with van der Waals surface area (Å²) in [5.41, 5.74) is 10.9. The molecule has 0 saturated carbocycles. The topological polar surface area (TPSA) is 166 Å². The lowest BCUT2D eigenvalue weighted by Gasteiger charge is -2.18. The highest BCUT2D eigenvalue weighted by Crippen LogP contribution is 2.19. The van der Waals surface area contributed by atoms with E-state index in [2.05, 4.69) is 4.98 Å². The first-order valence-corrected chi connectivity index (χ1v) is 8.02. The summed E-state index contributed by atoms with van der Waals surface area (Å²) in [7, 11) is 0. The van der Waals surface area contributed by atoms with Crippen molar-refractivity contribution in [1.29, 1.82) is 0 Å². The molecule has 0 aromatic carbocycles. The molecule has 1 heterocycles. The standard InChI is InChI=1S/C16H21N3O6/c17-7-8(4-5-11(18)15(22)23)25-16(24)10-6-9-12(19-14(10)21)2-1-3-13(9)20/h6,8,11H,1-5,7,17-18H2,(H,19,21)(H,22,23)/t8?,11-/m0/s1. The Morgan fingerprint density at radius 2 is 2.00 bits per heavy atom. The van der Waals surface area contributed by atoms with E-state index in [4.69, 9.17) is 21.3 Å². The third-order valence-electron chi connectivity index (χ3n) is 4.13. The molecule has 0 radical (unpaired) electrons. The van der Waals surface area contributed by atoms with Gasteiger partial charge in [-0.05, 0) is 31.7 Å². The highest BCUT2D eigenvalue weighted by atomic mass is 16.5. The van der Waals surface area contributed by atoms with E-state index in [0.717, 1.165) is 0 Å². The molecule has 1 aromatic rings. The van der Waals surface area contributed by atoms with Gasteiger partial charge in [-0.1, -0.05) is 0 Å². The smallest absolute Gasteiger partial charge is 0.344 e. The third-order valence-corrected chi connectivity index (χ3v) is 4.13. The quantitative estimate of drug-likeness (QED) is 0.480. The van der Waals surface area contributed by atoms with Crippen molar-refractivity contribution >= 4 is 17.7 Å². The fourth-order valence-corrected chi connectivity index (χ4v) is 2.66. The Morgan fingerprint density at radius 1 is 1.28 bits per heavy atom. The number of pyridine rings is 1. The maximum absolute atomic E-state index is 12.2. The Hall–Kier alpha value is -2.52. The maximum Gasteiger partial charge on any atom is 0.344 e. The van der Waals surface area contributed by atoms with Gasteiger partial charge in [0.1, 0.15) is 17.7 Å². The fourth-order valence-electron chi connectivity index (χ4n) is 2.66. The lowest BCUT2D eigenvalue weighted by Crippen LogP contribution is -2.35. The molecule has 1 aromatic heterocycles. The molecule has 9 nitrogen and oxygen atoms in total. The molecule has 1 aliphatic carbocycles. The second kappa shape index (κ2) is 8.04. The minimum Gasteiger partial charge on any atom is -0.480 e. The van der Waals surface area contributed by atoms with Crippen LogP contribution in [0, 0.1) is 0 Å². The Balaban J connectivity index is 2.11. The molecule has 1 unspecified atom stereocenters. The van der Waals surface area contributed by atoms with Crippen LogP contribution < -0.4 is 17.0 Å². The number of carboxylic acids is 1. The molecular weight excluding hydrogens is 330 g/mol. The number of fused-ring (bicyclic) bond motifs is 1. The average molecular weight is 351 g/mol. The van der Waals surface area contributed by atoms with Gasteiger partial charge in [-0.3, -0.25) is 14.4 Å². The van der Waals surface area contributed by atoms with Crippen LogP contribution in [-0.4, -0.2) is 46.5 Å². The molecule has 0 bridgehead atoms. The highest BCUT2D eigenvalue weighted by Gasteiger charge is 2.24. The van der Waals surface area contributed by atoms with Gasteiger partial charge in [0, 0.05) is 24.2 Å². The predicted molar refractivity (Wildman–Crippen MR) is 87.4 cm³/mol. The van der Waals surface area contributed by atoms with Gasteiger partial charge in [-0.25, -0.2) is 4.79 Å². The van der Waals surface area contributed by atoms with Crippen LogP contribution in [0.1, 0.15) is 52.1 Å².